The molecule has 4 nitrogen and oxygen atoms in total. The maximum absolute atomic E-state index is 12.2. The van der Waals surface area contributed by atoms with E-state index in [1.165, 1.54) is 0 Å². The summed E-state index contributed by atoms with van der Waals surface area (Å²) in [7, 11) is 0. The van der Waals surface area contributed by atoms with Crippen molar-refractivity contribution in [2.24, 2.45) is 0 Å². The number of carbonyl (C=O) groups is 2. The van der Waals surface area contributed by atoms with Crippen LogP contribution in [0, 0.1) is 0 Å². The molecule has 1 saturated heterocycles. The third-order valence-electron chi connectivity index (χ3n) is 1.67. The molecule has 1 rings (SSSR count). The Morgan fingerprint density at radius 1 is 1.00 bits per heavy atom. The fourth-order valence-corrected chi connectivity index (χ4v) is 0.976. The van der Waals surface area contributed by atoms with E-state index >= 15 is 0 Å². The summed E-state index contributed by atoms with van der Waals surface area (Å²) in [6.45, 7) is -1.28. The minimum absolute atomic E-state index is 1.28. The van der Waals surface area contributed by atoms with E-state index in [0.29, 0.717) is 0 Å². The zero-order valence-electron chi connectivity index (χ0n) is 7.11. The molecule has 92 valence electrons. The Bertz CT molecular complexity index is 315. The Hall–Kier alpha value is -1.48. The van der Waals surface area contributed by atoms with E-state index in [1.807, 2.05) is 0 Å². The third kappa shape index (κ3) is 1.57. The standard InChI is InChI=1S/C6H2F6O4/c7-5(8,9)4(6(10,11)12)3(14)15-1-2(13)16-4/h1H2. The van der Waals surface area contributed by atoms with Crippen LogP contribution < -0.4 is 0 Å². The molecule has 0 aromatic rings. The summed E-state index contributed by atoms with van der Waals surface area (Å²) < 4.78 is 80.0. The maximum atomic E-state index is 12.2. The molecule has 0 aromatic carbocycles. The summed E-state index contributed by atoms with van der Waals surface area (Å²) in [5, 5.41) is 0. The van der Waals surface area contributed by atoms with Gasteiger partial charge in [0.1, 0.15) is 0 Å². The largest absolute Gasteiger partial charge is 0.450 e. The zero-order valence-corrected chi connectivity index (χ0v) is 7.11. The van der Waals surface area contributed by atoms with E-state index < -0.39 is 36.5 Å². The van der Waals surface area contributed by atoms with E-state index in [0.717, 1.165) is 0 Å². The van der Waals surface area contributed by atoms with E-state index in [2.05, 4.69) is 9.47 Å². The highest BCUT2D eigenvalue weighted by molar-refractivity contribution is 5.90. The molecule has 0 amide bonds. The first-order chi connectivity index (χ1) is 7.02. The fourth-order valence-electron chi connectivity index (χ4n) is 0.976. The summed E-state index contributed by atoms with van der Waals surface area (Å²) in [5.41, 5.74) is -5.23. The monoisotopic (exact) mass is 252 g/mol. The van der Waals surface area contributed by atoms with Crippen LogP contribution in [0.5, 0.6) is 0 Å². The van der Waals surface area contributed by atoms with Crippen molar-refractivity contribution in [1.29, 1.82) is 0 Å². The highest BCUT2D eigenvalue weighted by Gasteiger charge is 2.81. The smallest absolute Gasteiger partial charge is 0.449 e. The van der Waals surface area contributed by atoms with Crippen LogP contribution >= 0.6 is 0 Å². The molecule has 1 aliphatic heterocycles. The minimum atomic E-state index is -6.14. The van der Waals surface area contributed by atoms with Crippen molar-refractivity contribution in [2.75, 3.05) is 6.61 Å². The summed E-state index contributed by atoms with van der Waals surface area (Å²) >= 11 is 0. The molecule has 1 fully saturated rings. The molecule has 0 aliphatic carbocycles. The number of cyclic esters (lactones) is 2. The van der Waals surface area contributed by atoms with Gasteiger partial charge in [-0.15, -0.1) is 0 Å². The van der Waals surface area contributed by atoms with E-state index in [4.69, 9.17) is 0 Å². The van der Waals surface area contributed by atoms with Crippen molar-refractivity contribution in [3.63, 3.8) is 0 Å². The third-order valence-corrected chi connectivity index (χ3v) is 1.67. The first-order valence-corrected chi connectivity index (χ1v) is 3.55. The summed E-state index contributed by atoms with van der Waals surface area (Å²) in [5.74, 6) is -4.62. The SMILES string of the molecule is O=C1COC(=O)C(C(F)(F)F)(C(F)(F)F)O1. The van der Waals surface area contributed by atoms with Gasteiger partial charge in [-0.25, -0.2) is 9.59 Å². The number of hydrogen-bond donors (Lipinski definition) is 0. The Morgan fingerprint density at radius 2 is 1.44 bits per heavy atom. The number of rotatable bonds is 0. The van der Waals surface area contributed by atoms with Crippen molar-refractivity contribution >= 4 is 11.9 Å². The molecule has 10 heteroatoms. The zero-order chi connectivity index (χ0) is 12.8. The first kappa shape index (κ1) is 12.6. The molecule has 0 atom stereocenters. The summed E-state index contributed by atoms with van der Waals surface area (Å²) in [4.78, 5) is 21.0. The normalized spacial score (nSPS) is 21.4. The number of alkyl halides is 6. The van der Waals surface area contributed by atoms with E-state index in [9.17, 15) is 35.9 Å². The van der Waals surface area contributed by atoms with Gasteiger partial charge < -0.3 is 9.47 Å². The second-order valence-corrected chi connectivity index (χ2v) is 2.73. The number of ether oxygens (including phenoxy) is 2. The van der Waals surface area contributed by atoms with Crippen LogP contribution in [0.25, 0.3) is 0 Å². The van der Waals surface area contributed by atoms with Gasteiger partial charge >= 0.3 is 29.9 Å². The minimum Gasteiger partial charge on any atom is -0.450 e. The van der Waals surface area contributed by atoms with Crippen molar-refractivity contribution < 1.29 is 45.4 Å². The molecule has 0 spiro atoms. The molecule has 0 bridgehead atoms. The van der Waals surface area contributed by atoms with Crippen LogP contribution in [0.15, 0.2) is 0 Å². The van der Waals surface area contributed by atoms with Gasteiger partial charge in [-0.3, -0.25) is 0 Å². The molecule has 1 heterocycles. The van der Waals surface area contributed by atoms with Crippen LogP contribution in [-0.2, 0) is 19.1 Å². The van der Waals surface area contributed by atoms with E-state index in [1.54, 1.807) is 0 Å². The molecule has 0 aromatic heterocycles. The first-order valence-electron chi connectivity index (χ1n) is 3.55. The van der Waals surface area contributed by atoms with Gasteiger partial charge in [0, 0.05) is 0 Å². The molecule has 0 unspecified atom stereocenters. The lowest BCUT2D eigenvalue weighted by atomic mass is 10.0. The van der Waals surface area contributed by atoms with Gasteiger partial charge in [0.15, 0.2) is 6.61 Å². The molecule has 1 aliphatic rings. The number of carbonyl (C=O) groups excluding carboxylic acids is 2. The second-order valence-electron chi connectivity index (χ2n) is 2.73. The number of esters is 2. The van der Waals surface area contributed by atoms with Gasteiger partial charge in [0.05, 0.1) is 0 Å². The van der Waals surface area contributed by atoms with Crippen LogP contribution in [-0.4, -0.2) is 36.5 Å². The summed E-state index contributed by atoms with van der Waals surface area (Å²) in [6.07, 6.45) is -12.3. The lowest BCUT2D eigenvalue weighted by Crippen LogP contribution is -2.67. The lowest BCUT2D eigenvalue weighted by molar-refractivity contribution is -0.365. The molecular formula is C6H2F6O4. The Balaban J connectivity index is 3.34. The quantitative estimate of drug-likeness (QED) is 0.475. The maximum Gasteiger partial charge on any atom is 0.449 e. The van der Waals surface area contributed by atoms with Crippen molar-refractivity contribution in [3.05, 3.63) is 0 Å². The average molecular weight is 252 g/mol. The number of halogens is 6. The highest BCUT2D eigenvalue weighted by atomic mass is 19.4. The predicted octanol–water partition coefficient (Wildman–Crippen LogP) is 0.950. The molecule has 0 N–H and O–H groups in total. The Kier molecular flexibility index (Phi) is 2.56. The van der Waals surface area contributed by atoms with Gasteiger partial charge in [0.2, 0.25) is 0 Å². The van der Waals surface area contributed by atoms with Crippen LogP contribution in [0.1, 0.15) is 0 Å². The van der Waals surface area contributed by atoms with Crippen LogP contribution in [0.3, 0.4) is 0 Å². The Morgan fingerprint density at radius 3 is 1.75 bits per heavy atom. The molecule has 16 heavy (non-hydrogen) atoms. The fraction of sp³-hybridized carbons (Fsp3) is 0.667. The highest BCUT2D eigenvalue weighted by Crippen LogP contribution is 2.47. The molecule has 0 radical (unpaired) electrons. The molecule has 0 saturated carbocycles. The second kappa shape index (κ2) is 3.25. The number of hydrogen-bond acceptors (Lipinski definition) is 4. The summed E-state index contributed by atoms with van der Waals surface area (Å²) in [6, 6.07) is 0. The van der Waals surface area contributed by atoms with Crippen molar-refractivity contribution in [3.8, 4) is 0 Å². The topological polar surface area (TPSA) is 52.6 Å². The van der Waals surface area contributed by atoms with Crippen LogP contribution in [0.2, 0.25) is 0 Å². The molecular weight excluding hydrogens is 250 g/mol. The van der Waals surface area contributed by atoms with Gasteiger partial charge in [-0.2, -0.15) is 26.3 Å². The van der Waals surface area contributed by atoms with Crippen molar-refractivity contribution in [1.82, 2.24) is 0 Å². The van der Waals surface area contributed by atoms with Crippen LogP contribution in [0.4, 0.5) is 26.3 Å². The van der Waals surface area contributed by atoms with Crippen molar-refractivity contribution in [2.45, 2.75) is 18.0 Å². The van der Waals surface area contributed by atoms with E-state index in [-0.39, 0.29) is 0 Å². The van der Waals surface area contributed by atoms with Gasteiger partial charge in [-0.1, -0.05) is 0 Å². The Labute approximate surface area is 83.1 Å². The van der Waals surface area contributed by atoms with Gasteiger partial charge in [0.25, 0.3) is 0 Å². The average Bonchev–Trinajstić information content (AvgIpc) is 2.04. The predicted molar refractivity (Wildman–Crippen MR) is 31.9 cm³/mol. The lowest BCUT2D eigenvalue weighted by Gasteiger charge is -2.36. The van der Waals surface area contributed by atoms with Gasteiger partial charge in [-0.05, 0) is 0 Å².